The van der Waals surface area contributed by atoms with E-state index in [2.05, 4.69) is 44.2 Å². The van der Waals surface area contributed by atoms with Crippen molar-refractivity contribution in [2.75, 3.05) is 0 Å². The highest BCUT2D eigenvalue weighted by Crippen LogP contribution is 2.34. The molecular formula is C15H14N4O. The molecule has 0 fully saturated rings. The van der Waals surface area contributed by atoms with Crippen LogP contribution in [0.4, 0.5) is 0 Å². The smallest absolute Gasteiger partial charge is 0.243 e. The Balaban J connectivity index is 1.72. The maximum atomic E-state index is 6.13. The van der Waals surface area contributed by atoms with Crippen molar-refractivity contribution in [1.29, 1.82) is 0 Å². The molecule has 20 heavy (non-hydrogen) atoms. The molecule has 2 heterocycles. The lowest BCUT2D eigenvalue weighted by molar-refractivity contribution is 0.178. The van der Waals surface area contributed by atoms with E-state index in [0.29, 0.717) is 11.5 Å². The van der Waals surface area contributed by atoms with E-state index in [1.54, 1.807) is 6.33 Å². The third-order valence-electron chi connectivity index (χ3n) is 3.76. The fourth-order valence-corrected chi connectivity index (χ4v) is 2.80. The summed E-state index contributed by atoms with van der Waals surface area (Å²) in [4.78, 5) is 15.5. The van der Waals surface area contributed by atoms with Crippen molar-refractivity contribution in [3.05, 3.63) is 48.0 Å². The Kier molecular flexibility index (Phi) is 2.62. The summed E-state index contributed by atoms with van der Waals surface area (Å²) in [6, 6.07) is 8.46. The van der Waals surface area contributed by atoms with Gasteiger partial charge in [0.1, 0.15) is 17.9 Å². The van der Waals surface area contributed by atoms with Crippen molar-refractivity contribution in [2.45, 2.75) is 25.4 Å². The lowest BCUT2D eigenvalue weighted by Gasteiger charge is -2.25. The highest BCUT2D eigenvalue weighted by Gasteiger charge is 2.22. The number of nitrogens with one attached hydrogen (secondary N) is 1. The van der Waals surface area contributed by atoms with Crippen LogP contribution in [0.1, 0.15) is 30.1 Å². The van der Waals surface area contributed by atoms with E-state index in [0.717, 1.165) is 24.8 Å². The van der Waals surface area contributed by atoms with Gasteiger partial charge in [0.2, 0.25) is 5.88 Å². The normalized spacial score (nSPS) is 17.9. The standard InChI is InChI=1S/C15H14N4O/c1-2-6-11-10(4-1)5-3-7-12(11)20-15-13-14(17-8-16-13)18-9-19-15/h1-2,4,6,8-9,12H,3,5,7H2,(H,16,17,18,19). The molecule has 0 saturated heterocycles. The Morgan fingerprint density at radius 3 is 3.10 bits per heavy atom. The highest BCUT2D eigenvalue weighted by molar-refractivity contribution is 5.74. The number of imidazole rings is 1. The van der Waals surface area contributed by atoms with Crippen LogP contribution in [0.15, 0.2) is 36.9 Å². The van der Waals surface area contributed by atoms with E-state index in [9.17, 15) is 0 Å². The summed E-state index contributed by atoms with van der Waals surface area (Å²) in [6.45, 7) is 0. The zero-order chi connectivity index (χ0) is 13.4. The van der Waals surface area contributed by atoms with Crippen molar-refractivity contribution in [1.82, 2.24) is 19.9 Å². The molecule has 0 saturated carbocycles. The predicted molar refractivity (Wildman–Crippen MR) is 74.4 cm³/mol. The largest absolute Gasteiger partial charge is 0.468 e. The van der Waals surface area contributed by atoms with Crippen LogP contribution in [0.25, 0.3) is 11.2 Å². The fraction of sp³-hybridized carbons (Fsp3) is 0.267. The topological polar surface area (TPSA) is 63.7 Å². The van der Waals surface area contributed by atoms with Crippen molar-refractivity contribution in [2.24, 2.45) is 0 Å². The molecule has 4 rings (SSSR count). The van der Waals surface area contributed by atoms with Gasteiger partial charge in [-0.25, -0.2) is 9.97 Å². The van der Waals surface area contributed by atoms with Gasteiger partial charge in [0.15, 0.2) is 5.65 Å². The molecule has 100 valence electrons. The minimum atomic E-state index is 0.0568. The second kappa shape index (κ2) is 4.59. The molecule has 1 unspecified atom stereocenters. The van der Waals surface area contributed by atoms with E-state index in [1.807, 2.05) is 0 Å². The van der Waals surface area contributed by atoms with Crippen LogP contribution >= 0.6 is 0 Å². The summed E-state index contributed by atoms with van der Waals surface area (Å²) in [6.07, 6.45) is 6.43. The molecule has 0 spiro atoms. The van der Waals surface area contributed by atoms with Crippen LogP contribution in [0.5, 0.6) is 5.88 Å². The Bertz CT molecular complexity index is 752. The molecule has 0 radical (unpaired) electrons. The second-order valence-electron chi connectivity index (χ2n) is 4.98. The van der Waals surface area contributed by atoms with Crippen LogP contribution in [0.3, 0.4) is 0 Å². The second-order valence-corrected chi connectivity index (χ2v) is 4.98. The number of aromatic nitrogens is 4. The number of hydrogen-bond donors (Lipinski definition) is 1. The molecule has 5 heteroatoms. The maximum Gasteiger partial charge on any atom is 0.243 e. The van der Waals surface area contributed by atoms with Gasteiger partial charge in [0.25, 0.3) is 0 Å². The van der Waals surface area contributed by atoms with Gasteiger partial charge in [-0.15, -0.1) is 0 Å². The third-order valence-corrected chi connectivity index (χ3v) is 3.76. The summed E-state index contributed by atoms with van der Waals surface area (Å²) in [5.74, 6) is 0.578. The van der Waals surface area contributed by atoms with Crippen LogP contribution in [0, 0.1) is 0 Å². The van der Waals surface area contributed by atoms with E-state index in [4.69, 9.17) is 4.74 Å². The number of H-pyrrole nitrogens is 1. The molecule has 1 aliphatic rings. The number of benzene rings is 1. The Labute approximate surface area is 116 Å². The minimum Gasteiger partial charge on any atom is -0.468 e. The minimum absolute atomic E-state index is 0.0568. The van der Waals surface area contributed by atoms with E-state index in [-0.39, 0.29) is 6.10 Å². The van der Waals surface area contributed by atoms with Gasteiger partial charge in [0, 0.05) is 0 Å². The number of aryl methyl sites for hydroxylation is 1. The Morgan fingerprint density at radius 1 is 1.15 bits per heavy atom. The monoisotopic (exact) mass is 266 g/mol. The predicted octanol–water partition coefficient (Wildman–Crippen LogP) is 2.81. The first-order valence-corrected chi connectivity index (χ1v) is 6.80. The van der Waals surface area contributed by atoms with E-state index >= 15 is 0 Å². The van der Waals surface area contributed by atoms with Gasteiger partial charge in [-0.2, -0.15) is 4.98 Å². The number of hydrogen-bond acceptors (Lipinski definition) is 4. The van der Waals surface area contributed by atoms with E-state index < -0.39 is 0 Å². The SMILES string of the molecule is c1ccc2c(c1)CCCC2Oc1ncnc2nc[nH]c12. The fourth-order valence-electron chi connectivity index (χ4n) is 2.80. The highest BCUT2D eigenvalue weighted by atomic mass is 16.5. The zero-order valence-electron chi connectivity index (χ0n) is 10.9. The van der Waals surface area contributed by atoms with Gasteiger partial charge in [-0.05, 0) is 30.4 Å². The molecule has 1 aliphatic carbocycles. The molecular weight excluding hydrogens is 252 g/mol. The van der Waals surface area contributed by atoms with E-state index in [1.165, 1.54) is 17.5 Å². The number of rotatable bonds is 2. The average molecular weight is 266 g/mol. The average Bonchev–Trinajstić information content (AvgIpc) is 2.97. The van der Waals surface area contributed by atoms with Gasteiger partial charge in [0.05, 0.1) is 6.33 Å². The van der Waals surface area contributed by atoms with Crippen molar-refractivity contribution >= 4 is 11.2 Å². The van der Waals surface area contributed by atoms with Gasteiger partial charge in [-0.3, -0.25) is 0 Å². The lowest BCUT2D eigenvalue weighted by Crippen LogP contribution is -2.15. The molecule has 1 atom stereocenters. The molecule has 2 aromatic heterocycles. The molecule has 0 bridgehead atoms. The lowest BCUT2D eigenvalue weighted by atomic mass is 9.89. The maximum absolute atomic E-state index is 6.13. The summed E-state index contributed by atoms with van der Waals surface area (Å²) in [7, 11) is 0. The van der Waals surface area contributed by atoms with Crippen molar-refractivity contribution in [3.63, 3.8) is 0 Å². The molecule has 5 nitrogen and oxygen atoms in total. The Hall–Kier alpha value is -2.43. The van der Waals surface area contributed by atoms with Gasteiger partial charge < -0.3 is 9.72 Å². The summed E-state index contributed by atoms with van der Waals surface area (Å²) in [5.41, 5.74) is 4.04. The molecule has 0 amide bonds. The number of fused-ring (bicyclic) bond motifs is 2. The van der Waals surface area contributed by atoms with Crippen molar-refractivity contribution < 1.29 is 4.74 Å². The molecule has 1 aromatic carbocycles. The molecule has 1 N–H and O–H groups in total. The molecule has 0 aliphatic heterocycles. The first-order valence-electron chi connectivity index (χ1n) is 6.80. The first-order chi connectivity index (χ1) is 9.92. The number of nitrogens with zero attached hydrogens (tertiary/aromatic N) is 3. The number of ether oxygens (including phenoxy) is 1. The van der Waals surface area contributed by atoms with Gasteiger partial charge in [-0.1, -0.05) is 24.3 Å². The number of aromatic amines is 1. The summed E-state index contributed by atoms with van der Waals surface area (Å²) in [5, 5.41) is 0. The van der Waals surface area contributed by atoms with Gasteiger partial charge >= 0.3 is 0 Å². The Morgan fingerprint density at radius 2 is 2.10 bits per heavy atom. The quantitative estimate of drug-likeness (QED) is 0.774. The van der Waals surface area contributed by atoms with Crippen LogP contribution in [-0.2, 0) is 6.42 Å². The van der Waals surface area contributed by atoms with Crippen LogP contribution < -0.4 is 4.74 Å². The summed E-state index contributed by atoms with van der Waals surface area (Å²) < 4.78 is 6.13. The third kappa shape index (κ3) is 1.82. The van der Waals surface area contributed by atoms with Crippen LogP contribution in [-0.4, -0.2) is 19.9 Å². The molecule has 3 aromatic rings. The first kappa shape index (κ1) is 11.4. The van der Waals surface area contributed by atoms with Crippen LogP contribution in [0.2, 0.25) is 0 Å². The summed E-state index contributed by atoms with van der Waals surface area (Å²) >= 11 is 0. The zero-order valence-corrected chi connectivity index (χ0v) is 10.9. The van der Waals surface area contributed by atoms with Crippen molar-refractivity contribution in [3.8, 4) is 5.88 Å².